The predicted molar refractivity (Wildman–Crippen MR) is 91.2 cm³/mol. The summed E-state index contributed by atoms with van der Waals surface area (Å²) in [4.78, 5) is 16.1. The van der Waals surface area contributed by atoms with Crippen LogP contribution < -0.4 is 10.6 Å². The van der Waals surface area contributed by atoms with Gasteiger partial charge in [0.25, 0.3) is 0 Å². The van der Waals surface area contributed by atoms with Crippen molar-refractivity contribution < 1.29 is 9.90 Å². The number of nitrogens with one attached hydrogen (secondary N) is 2. The number of carbonyl (C=O) groups is 1. The normalized spacial score (nSPS) is 14.0. The van der Waals surface area contributed by atoms with Crippen molar-refractivity contribution in [3.8, 4) is 0 Å². The number of nitrogens with zero attached hydrogens (tertiary/aromatic N) is 3. The molecule has 0 saturated heterocycles. The summed E-state index contributed by atoms with van der Waals surface area (Å²) in [5, 5.41) is 19.8. The van der Waals surface area contributed by atoms with Gasteiger partial charge in [-0.15, -0.1) is 0 Å². The van der Waals surface area contributed by atoms with Crippen molar-refractivity contribution in [3.63, 3.8) is 0 Å². The number of aromatic nitrogens is 3. The molecule has 2 aromatic rings. The lowest BCUT2D eigenvalue weighted by molar-refractivity contribution is 0.0648. The van der Waals surface area contributed by atoms with Crippen LogP contribution in [0.15, 0.2) is 43.0 Å². The molecule has 1 aromatic carbocycles. The Bertz CT molecular complexity index is 622. The maximum atomic E-state index is 12.2. The molecular weight excluding hydrogens is 306 g/mol. The van der Waals surface area contributed by atoms with Crippen LogP contribution in [0.25, 0.3) is 0 Å². The zero-order valence-electron chi connectivity index (χ0n) is 14.3. The standard InChI is InChI=1S/C17H25N5O2/c1-17(2,3)15(23)9-19-16(24)21-14(10-22-12-18-11-20-22)13-7-5-4-6-8-13/h4-8,11-12,14-15,23H,9-10H2,1-3H3,(H2,19,21,24). The first kappa shape index (κ1) is 17.9. The van der Waals surface area contributed by atoms with Crippen LogP contribution in [-0.2, 0) is 6.54 Å². The van der Waals surface area contributed by atoms with Crippen molar-refractivity contribution in [2.75, 3.05) is 6.54 Å². The lowest BCUT2D eigenvalue weighted by Crippen LogP contribution is -2.45. The van der Waals surface area contributed by atoms with Crippen LogP contribution in [0.5, 0.6) is 0 Å². The number of benzene rings is 1. The molecule has 0 aliphatic rings. The average Bonchev–Trinajstić information content (AvgIpc) is 3.05. The Hall–Kier alpha value is -2.41. The molecule has 24 heavy (non-hydrogen) atoms. The summed E-state index contributed by atoms with van der Waals surface area (Å²) < 4.78 is 1.67. The highest BCUT2D eigenvalue weighted by atomic mass is 16.3. The summed E-state index contributed by atoms with van der Waals surface area (Å²) in [5.41, 5.74) is 0.687. The number of urea groups is 1. The summed E-state index contributed by atoms with van der Waals surface area (Å²) in [6, 6.07) is 9.10. The number of aliphatic hydroxyl groups is 1. The van der Waals surface area contributed by atoms with Gasteiger partial charge >= 0.3 is 6.03 Å². The van der Waals surface area contributed by atoms with Crippen LogP contribution in [-0.4, -0.2) is 38.6 Å². The van der Waals surface area contributed by atoms with Crippen molar-refractivity contribution >= 4 is 6.03 Å². The third-order valence-electron chi connectivity index (χ3n) is 3.80. The molecule has 0 aliphatic carbocycles. The van der Waals surface area contributed by atoms with Crippen molar-refractivity contribution in [2.24, 2.45) is 5.41 Å². The predicted octanol–water partition coefficient (Wildman–Crippen LogP) is 1.73. The fraction of sp³-hybridized carbons (Fsp3) is 0.471. The number of aliphatic hydroxyl groups excluding tert-OH is 1. The zero-order valence-corrected chi connectivity index (χ0v) is 14.3. The van der Waals surface area contributed by atoms with Gasteiger partial charge in [0.1, 0.15) is 12.7 Å². The molecule has 0 radical (unpaired) electrons. The minimum absolute atomic E-state index is 0.195. The number of amides is 2. The van der Waals surface area contributed by atoms with Crippen LogP contribution in [0, 0.1) is 5.41 Å². The molecule has 1 aromatic heterocycles. The minimum atomic E-state index is -0.617. The Kier molecular flexibility index (Phi) is 5.92. The van der Waals surface area contributed by atoms with Crippen molar-refractivity contribution in [1.29, 1.82) is 0 Å². The van der Waals surface area contributed by atoms with E-state index in [0.717, 1.165) is 5.56 Å². The molecule has 7 nitrogen and oxygen atoms in total. The highest BCUT2D eigenvalue weighted by molar-refractivity contribution is 5.74. The molecule has 7 heteroatoms. The molecule has 3 N–H and O–H groups in total. The van der Waals surface area contributed by atoms with E-state index in [0.29, 0.717) is 6.54 Å². The quantitative estimate of drug-likeness (QED) is 0.751. The zero-order chi connectivity index (χ0) is 17.6. The second kappa shape index (κ2) is 7.92. The van der Waals surface area contributed by atoms with Crippen molar-refractivity contribution in [2.45, 2.75) is 39.5 Å². The van der Waals surface area contributed by atoms with E-state index in [1.165, 1.54) is 6.33 Å². The van der Waals surface area contributed by atoms with Gasteiger partial charge in [-0.1, -0.05) is 51.1 Å². The molecule has 2 atom stereocenters. The molecule has 2 rings (SSSR count). The molecule has 0 saturated carbocycles. The van der Waals surface area contributed by atoms with Gasteiger partial charge in [-0.2, -0.15) is 5.10 Å². The largest absolute Gasteiger partial charge is 0.391 e. The minimum Gasteiger partial charge on any atom is -0.391 e. The van der Waals surface area contributed by atoms with Crippen LogP contribution in [0.1, 0.15) is 32.4 Å². The van der Waals surface area contributed by atoms with Gasteiger partial charge in [-0.05, 0) is 11.0 Å². The smallest absolute Gasteiger partial charge is 0.315 e. The van der Waals surface area contributed by atoms with E-state index in [1.54, 1.807) is 11.0 Å². The second-order valence-corrected chi connectivity index (χ2v) is 6.82. The van der Waals surface area contributed by atoms with Gasteiger partial charge in [-0.3, -0.25) is 4.68 Å². The summed E-state index contributed by atoms with van der Waals surface area (Å²) in [6.45, 7) is 6.44. The van der Waals surface area contributed by atoms with Gasteiger partial charge in [0.15, 0.2) is 0 Å². The van der Waals surface area contributed by atoms with Gasteiger partial charge in [-0.25, -0.2) is 9.78 Å². The highest BCUT2D eigenvalue weighted by Crippen LogP contribution is 2.18. The van der Waals surface area contributed by atoms with E-state index >= 15 is 0 Å². The maximum Gasteiger partial charge on any atom is 0.315 e. The summed E-state index contributed by atoms with van der Waals surface area (Å²) in [5.74, 6) is 0. The van der Waals surface area contributed by atoms with Gasteiger partial charge in [0, 0.05) is 6.54 Å². The number of hydrogen-bond donors (Lipinski definition) is 3. The molecule has 0 bridgehead atoms. The number of carbonyl (C=O) groups excluding carboxylic acids is 1. The van der Waals surface area contributed by atoms with Crippen molar-refractivity contribution in [1.82, 2.24) is 25.4 Å². The van der Waals surface area contributed by atoms with E-state index in [2.05, 4.69) is 20.7 Å². The first-order chi connectivity index (χ1) is 11.4. The van der Waals surface area contributed by atoms with Gasteiger partial charge < -0.3 is 15.7 Å². The van der Waals surface area contributed by atoms with Crippen LogP contribution in [0.4, 0.5) is 4.79 Å². The highest BCUT2D eigenvalue weighted by Gasteiger charge is 2.23. The van der Waals surface area contributed by atoms with E-state index in [-0.39, 0.29) is 24.0 Å². The van der Waals surface area contributed by atoms with Gasteiger partial charge in [0.05, 0.1) is 18.7 Å². The SMILES string of the molecule is CC(C)(C)C(O)CNC(=O)NC(Cn1cncn1)c1ccccc1. The monoisotopic (exact) mass is 331 g/mol. The fourth-order valence-corrected chi connectivity index (χ4v) is 2.14. The van der Waals surface area contributed by atoms with Crippen LogP contribution >= 0.6 is 0 Å². The van der Waals surface area contributed by atoms with E-state index in [4.69, 9.17) is 0 Å². The molecule has 2 amide bonds. The van der Waals surface area contributed by atoms with E-state index < -0.39 is 6.10 Å². The topological polar surface area (TPSA) is 92.1 Å². The average molecular weight is 331 g/mol. The molecule has 0 aliphatic heterocycles. The number of hydrogen-bond acceptors (Lipinski definition) is 4. The fourth-order valence-electron chi connectivity index (χ4n) is 2.14. The van der Waals surface area contributed by atoms with Crippen LogP contribution in [0.2, 0.25) is 0 Å². The Morgan fingerprint density at radius 3 is 2.58 bits per heavy atom. The molecular formula is C17H25N5O2. The molecule has 130 valence electrons. The van der Waals surface area contributed by atoms with Crippen molar-refractivity contribution in [3.05, 3.63) is 48.5 Å². The van der Waals surface area contributed by atoms with Gasteiger partial charge in [0.2, 0.25) is 0 Å². The third kappa shape index (κ3) is 5.34. The first-order valence-electron chi connectivity index (χ1n) is 7.96. The van der Waals surface area contributed by atoms with E-state index in [1.807, 2.05) is 51.1 Å². The first-order valence-corrected chi connectivity index (χ1v) is 7.96. The summed E-state index contributed by atoms with van der Waals surface area (Å²) in [7, 11) is 0. The Morgan fingerprint density at radius 2 is 2.00 bits per heavy atom. The lowest BCUT2D eigenvalue weighted by atomic mass is 9.89. The number of rotatable bonds is 6. The Labute approximate surface area is 142 Å². The molecule has 0 spiro atoms. The second-order valence-electron chi connectivity index (χ2n) is 6.82. The van der Waals surface area contributed by atoms with Crippen LogP contribution in [0.3, 0.4) is 0 Å². The lowest BCUT2D eigenvalue weighted by Gasteiger charge is -2.26. The Balaban J connectivity index is 1.99. The molecule has 1 heterocycles. The molecule has 0 fully saturated rings. The summed E-state index contributed by atoms with van der Waals surface area (Å²) >= 11 is 0. The summed E-state index contributed by atoms with van der Waals surface area (Å²) in [6.07, 6.45) is 2.45. The Morgan fingerprint density at radius 1 is 1.29 bits per heavy atom. The maximum absolute atomic E-state index is 12.2. The van der Waals surface area contributed by atoms with E-state index in [9.17, 15) is 9.90 Å². The molecule has 2 unspecified atom stereocenters. The third-order valence-corrected chi connectivity index (χ3v) is 3.80.